The normalized spacial score (nSPS) is 11.4. The van der Waals surface area contributed by atoms with E-state index in [1.165, 1.54) is 0 Å². The van der Waals surface area contributed by atoms with Crippen molar-refractivity contribution in [3.63, 3.8) is 0 Å². The first-order valence-electron chi connectivity index (χ1n) is 6.67. The molecule has 1 N–H and O–H groups in total. The minimum Gasteiger partial charge on any atom is -0.370 e. The molecule has 0 aromatic rings. The summed E-state index contributed by atoms with van der Waals surface area (Å²) in [6.45, 7) is 12.7. The van der Waals surface area contributed by atoms with Crippen LogP contribution in [0.2, 0.25) is 0 Å². The number of carbonyl (C=O) groups is 1. The maximum atomic E-state index is 11.6. The topological polar surface area (TPSA) is 41.6 Å². The molecule has 1 unspecified atom stereocenters. The number of nitrogens with one attached hydrogen (secondary N) is 1. The number of likely N-dealkylation sites (N-methyl/N-ethyl adjacent to an activating group) is 2. The lowest BCUT2D eigenvalue weighted by atomic mass is 10.2. The fourth-order valence-corrected chi connectivity index (χ4v) is 1.10. The predicted molar refractivity (Wildman–Crippen MR) is 73.2 cm³/mol. The van der Waals surface area contributed by atoms with Gasteiger partial charge in [0.05, 0.1) is 6.61 Å². The van der Waals surface area contributed by atoms with Crippen molar-refractivity contribution in [3.8, 4) is 0 Å². The fourth-order valence-electron chi connectivity index (χ4n) is 1.10. The summed E-state index contributed by atoms with van der Waals surface area (Å²) in [5, 5.41) is 3.14. The lowest BCUT2D eigenvalue weighted by Crippen LogP contribution is -2.37. The lowest BCUT2D eigenvalue weighted by molar-refractivity contribution is -0.136. The van der Waals surface area contributed by atoms with Gasteiger partial charge in [-0.3, -0.25) is 4.79 Å². The maximum Gasteiger partial charge on any atom is 0.248 e. The Morgan fingerprint density at radius 2 is 1.94 bits per heavy atom. The van der Waals surface area contributed by atoms with Crippen molar-refractivity contribution in [1.29, 1.82) is 0 Å². The largest absolute Gasteiger partial charge is 0.370 e. The molecule has 1 amide bonds. The molecule has 17 heavy (non-hydrogen) atoms. The fraction of sp³-hybridized carbons (Fsp3) is 0.923. The Hall–Kier alpha value is -0.610. The highest BCUT2D eigenvalue weighted by molar-refractivity contribution is 5.77. The number of nitrogens with zero attached hydrogens (tertiary/aromatic N) is 1. The molecule has 0 aliphatic carbocycles. The number of hydrogen-bond donors (Lipinski definition) is 1. The second-order valence-electron chi connectivity index (χ2n) is 3.67. The first-order valence-corrected chi connectivity index (χ1v) is 6.67. The summed E-state index contributed by atoms with van der Waals surface area (Å²) < 4.78 is 5.26. The van der Waals surface area contributed by atoms with Crippen LogP contribution >= 0.6 is 0 Å². The van der Waals surface area contributed by atoms with Gasteiger partial charge in [-0.25, -0.2) is 0 Å². The molecule has 0 heterocycles. The highest BCUT2D eigenvalue weighted by Gasteiger charge is 2.13. The molecule has 0 bridgehead atoms. The number of hydrogen-bond acceptors (Lipinski definition) is 3. The average molecular weight is 246 g/mol. The molecule has 0 fully saturated rings. The minimum absolute atomic E-state index is 0.0563. The molecule has 0 spiro atoms. The SMILES string of the molecule is CC.CCNCCOCC(=O)N(C)C(C)CC. The van der Waals surface area contributed by atoms with Crippen LogP contribution in [0.15, 0.2) is 0 Å². The molecule has 104 valence electrons. The third-order valence-electron chi connectivity index (χ3n) is 2.54. The molecule has 0 aromatic carbocycles. The zero-order chi connectivity index (χ0) is 13.7. The molecule has 0 aliphatic rings. The summed E-state index contributed by atoms with van der Waals surface area (Å²) >= 11 is 0. The Morgan fingerprint density at radius 3 is 2.41 bits per heavy atom. The van der Waals surface area contributed by atoms with E-state index >= 15 is 0 Å². The molecule has 1 atom stereocenters. The van der Waals surface area contributed by atoms with Gasteiger partial charge in [0.25, 0.3) is 0 Å². The van der Waals surface area contributed by atoms with Crippen molar-refractivity contribution >= 4 is 5.91 Å². The van der Waals surface area contributed by atoms with Crippen LogP contribution in [0.4, 0.5) is 0 Å². The van der Waals surface area contributed by atoms with Crippen LogP contribution in [0.5, 0.6) is 0 Å². The molecule has 0 saturated heterocycles. The van der Waals surface area contributed by atoms with Crippen molar-refractivity contribution in [1.82, 2.24) is 10.2 Å². The molecular formula is C13H30N2O2. The Balaban J connectivity index is 0. The second-order valence-corrected chi connectivity index (χ2v) is 3.67. The summed E-state index contributed by atoms with van der Waals surface area (Å²) in [5.74, 6) is 0.0563. The molecule has 0 aromatic heterocycles. The first-order chi connectivity index (χ1) is 8.13. The van der Waals surface area contributed by atoms with Gasteiger partial charge in [0.1, 0.15) is 6.61 Å². The third-order valence-corrected chi connectivity index (χ3v) is 2.54. The Bertz CT molecular complexity index is 175. The number of amides is 1. The smallest absolute Gasteiger partial charge is 0.248 e. The predicted octanol–water partition coefficient (Wildman–Crippen LogP) is 1.90. The van der Waals surface area contributed by atoms with Crippen molar-refractivity contribution in [2.45, 2.75) is 47.1 Å². The molecule has 0 rings (SSSR count). The van der Waals surface area contributed by atoms with E-state index in [2.05, 4.69) is 12.2 Å². The highest BCUT2D eigenvalue weighted by atomic mass is 16.5. The average Bonchev–Trinajstić information content (AvgIpc) is 2.38. The summed E-state index contributed by atoms with van der Waals surface area (Å²) in [4.78, 5) is 13.3. The maximum absolute atomic E-state index is 11.6. The number of ether oxygens (including phenoxy) is 1. The molecule has 4 nitrogen and oxygen atoms in total. The van der Waals surface area contributed by atoms with Crippen LogP contribution < -0.4 is 5.32 Å². The Morgan fingerprint density at radius 1 is 1.35 bits per heavy atom. The Kier molecular flexibility index (Phi) is 14.8. The van der Waals surface area contributed by atoms with Gasteiger partial charge in [-0.05, 0) is 19.9 Å². The molecule has 0 radical (unpaired) electrons. The van der Waals surface area contributed by atoms with Crippen LogP contribution in [0.3, 0.4) is 0 Å². The minimum atomic E-state index is 0.0563. The van der Waals surface area contributed by atoms with E-state index in [1.807, 2.05) is 34.7 Å². The zero-order valence-electron chi connectivity index (χ0n) is 12.4. The third kappa shape index (κ3) is 10.3. The zero-order valence-corrected chi connectivity index (χ0v) is 12.4. The van der Waals surface area contributed by atoms with Gasteiger partial charge in [-0.1, -0.05) is 27.7 Å². The Labute approximate surface area is 107 Å². The summed E-state index contributed by atoms with van der Waals surface area (Å²) in [6.07, 6.45) is 0.972. The molecular weight excluding hydrogens is 216 g/mol. The van der Waals surface area contributed by atoms with Crippen LogP contribution in [-0.2, 0) is 9.53 Å². The summed E-state index contributed by atoms with van der Waals surface area (Å²) in [5.41, 5.74) is 0. The van der Waals surface area contributed by atoms with Gasteiger partial charge in [0.15, 0.2) is 0 Å². The van der Waals surface area contributed by atoms with Gasteiger partial charge in [0, 0.05) is 19.6 Å². The van der Waals surface area contributed by atoms with E-state index in [9.17, 15) is 4.79 Å². The molecule has 0 aliphatic heterocycles. The lowest BCUT2D eigenvalue weighted by Gasteiger charge is -2.23. The van der Waals surface area contributed by atoms with E-state index < -0.39 is 0 Å². The van der Waals surface area contributed by atoms with Gasteiger partial charge >= 0.3 is 0 Å². The van der Waals surface area contributed by atoms with Crippen LogP contribution in [0, 0.1) is 0 Å². The van der Waals surface area contributed by atoms with Crippen LogP contribution in [-0.4, -0.2) is 50.2 Å². The van der Waals surface area contributed by atoms with E-state index in [-0.39, 0.29) is 18.6 Å². The van der Waals surface area contributed by atoms with Crippen molar-refractivity contribution < 1.29 is 9.53 Å². The van der Waals surface area contributed by atoms with Gasteiger partial charge < -0.3 is 15.0 Å². The van der Waals surface area contributed by atoms with Crippen LogP contribution in [0.25, 0.3) is 0 Å². The van der Waals surface area contributed by atoms with Crippen molar-refractivity contribution in [3.05, 3.63) is 0 Å². The van der Waals surface area contributed by atoms with Crippen molar-refractivity contribution in [2.24, 2.45) is 0 Å². The van der Waals surface area contributed by atoms with Crippen molar-refractivity contribution in [2.75, 3.05) is 33.4 Å². The summed E-state index contributed by atoms with van der Waals surface area (Å²) in [7, 11) is 1.82. The van der Waals surface area contributed by atoms with E-state index in [1.54, 1.807) is 4.90 Å². The van der Waals surface area contributed by atoms with Gasteiger partial charge in [-0.15, -0.1) is 0 Å². The van der Waals surface area contributed by atoms with E-state index in [0.717, 1.165) is 19.5 Å². The van der Waals surface area contributed by atoms with E-state index in [0.29, 0.717) is 6.61 Å². The highest BCUT2D eigenvalue weighted by Crippen LogP contribution is 2.00. The quantitative estimate of drug-likeness (QED) is 0.665. The number of carbonyl (C=O) groups excluding carboxylic acids is 1. The van der Waals surface area contributed by atoms with Gasteiger partial charge in [0.2, 0.25) is 5.91 Å². The standard InChI is InChI=1S/C11H24N2O2.C2H6/c1-5-10(3)13(4)11(14)9-15-8-7-12-6-2;1-2/h10,12H,5-9H2,1-4H3;1-2H3. The molecule has 0 saturated carbocycles. The summed E-state index contributed by atoms with van der Waals surface area (Å²) in [6, 6.07) is 0.287. The van der Waals surface area contributed by atoms with E-state index in [4.69, 9.17) is 4.74 Å². The monoisotopic (exact) mass is 246 g/mol. The van der Waals surface area contributed by atoms with Gasteiger partial charge in [-0.2, -0.15) is 0 Å². The van der Waals surface area contributed by atoms with Crippen LogP contribution in [0.1, 0.15) is 41.0 Å². The first kappa shape index (κ1) is 18.7. The second kappa shape index (κ2) is 13.5. The number of rotatable bonds is 8. The molecule has 4 heteroatoms.